The second-order valence-corrected chi connectivity index (χ2v) is 6.66. The Kier molecular flexibility index (Phi) is 3.87. The summed E-state index contributed by atoms with van der Waals surface area (Å²) in [5.41, 5.74) is 10.7. The van der Waals surface area contributed by atoms with E-state index in [0.717, 1.165) is 27.7 Å². The molecule has 0 saturated carbocycles. The number of benzene rings is 4. The first kappa shape index (κ1) is 16.3. The molecule has 0 saturated heterocycles. The maximum atomic E-state index is 6.43. The van der Waals surface area contributed by atoms with E-state index in [1.54, 1.807) is 0 Å². The van der Waals surface area contributed by atoms with Gasteiger partial charge in [0, 0.05) is 17.0 Å². The van der Waals surface area contributed by atoms with E-state index >= 15 is 0 Å². The van der Waals surface area contributed by atoms with Gasteiger partial charge in [0.25, 0.3) is 0 Å². The minimum absolute atomic E-state index is 0.603. The van der Waals surface area contributed by atoms with Crippen molar-refractivity contribution in [1.29, 1.82) is 0 Å². The van der Waals surface area contributed by atoms with Gasteiger partial charge in [0.15, 0.2) is 0 Å². The first-order valence-electron chi connectivity index (χ1n) is 9.16. The van der Waals surface area contributed by atoms with Crippen molar-refractivity contribution >= 4 is 38.7 Å². The van der Waals surface area contributed by atoms with Gasteiger partial charge in [0.05, 0.1) is 22.6 Å². The fraction of sp³-hybridized carbons (Fsp3) is 0. The molecule has 1 heterocycles. The zero-order valence-corrected chi connectivity index (χ0v) is 15.2. The smallest absolute Gasteiger partial charge is 0.117 e. The average Bonchev–Trinajstić information content (AvgIpc) is 3.17. The van der Waals surface area contributed by atoms with E-state index < -0.39 is 0 Å². The van der Waals surface area contributed by atoms with Gasteiger partial charge >= 0.3 is 0 Å². The van der Waals surface area contributed by atoms with Crippen molar-refractivity contribution in [2.24, 2.45) is 10.2 Å². The van der Waals surface area contributed by atoms with Crippen molar-refractivity contribution in [3.63, 3.8) is 0 Å². The molecule has 0 aliphatic rings. The summed E-state index contributed by atoms with van der Waals surface area (Å²) in [5.74, 6) is 0. The molecule has 5 aromatic rings. The van der Waals surface area contributed by atoms with Gasteiger partial charge in [-0.3, -0.25) is 0 Å². The number of anilines is 1. The topological polar surface area (TPSA) is 55.7 Å². The van der Waals surface area contributed by atoms with Crippen molar-refractivity contribution in [2.45, 2.75) is 0 Å². The third kappa shape index (κ3) is 2.72. The minimum atomic E-state index is 0.603. The van der Waals surface area contributed by atoms with Crippen molar-refractivity contribution in [2.75, 3.05) is 5.73 Å². The number of nitrogens with zero attached hydrogens (tertiary/aromatic N) is 3. The Balaban J connectivity index is 1.73. The maximum Gasteiger partial charge on any atom is 0.117 e. The van der Waals surface area contributed by atoms with E-state index in [1.165, 1.54) is 5.39 Å². The van der Waals surface area contributed by atoms with E-state index in [1.807, 2.05) is 66.7 Å². The molecule has 0 radical (unpaired) electrons. The summed E-state index contributed by atoms with van der Waals surface area (Å²) in [6.07, 6.45) is 2.08. The molecule has 0 aliphatic heterocycles. The number of hydrogen-bond acceptors (Lipinski definition) is 3. The van der Waals surface area contributed by atoms with Crippen molar-refractivity contribution in [1.82, 2.24) is 4.57 Å². The molecule has 5 rings (SSSR count). The van der Waals surface area contributed by atoms with Crippen LogP contribution in [-0.4, -0.2) is 4.57 Å². The Morgan fingerprint density at radius 3 is 2.25 bits per heavy atom. The molecule has 4 nitrogen and oxygen atoms in total. The Morgan fingerprint density at radius 1 is 0.679 bits per heavy atom. The molecule has 0 fully saturated rings. The van der Waals surface area contributed by atoms with Crippen LogP contribution in [0.1, 0.15) is 0 Å². The minimum Gasteiger partial charge on any atom is -0.397 e. The number of nitrogens with two attached hydrogens (primary N) is 1. The Hall–Kier alpha value is -3.92. The molecule has 4 heteroatoms. The van der Waals surface area contributed by atoms with E-state index in [-0.39, 0.29) is 0 Å². The van der Waals surface area contributed by atoms with Crippen LogP contribution < -0.4 is 5.73 Å². The highest BCUT2D eigenvalue weighted by Gasteiger charge is 2.13. The van der Waals surface area contributed by atoms with Gasteiger partial charge in [-0.1, -0.05) is 60.7 Å². The summed E-state index contributed by atoms with van der Waals surface area (Å²) in [6, 6.07) is 30.3. The zero-order chi connectivity index (χ0) is 18.9. The third-order valence-electron chi connectivity index (χ3n) is 4.90. The van der Waals surface area contributed by atoms with Gasteiger partial charge in [0.1, 0.15) is 5.69 Å². The largest absolute Gasteiger partial charge is 0.397 e. The molecular weight excluding hydrogens is 344 g/mol. The van der Waals surface area contributed by atoms with Gasteiger partial charge in [-0.15, -0.1) is 5.11 Å². The van der Waals surface area contributed by atoms with E-state index in [9.17, 15) is 0 Å². The Labute approximate surface area is 162 Å². The number of azo groups is 1. The van der Waals surface area contributed by atoms with Crippen LogP contribution in [0.25, 0.3) is 27.4 Å². The molecule has 0 atom stereocenters. The van der Waals surface area contributed by atoms with E-state index in [4.69, 9.17) is 5.73 Å². The van der Waals surface area contributed by atoms with Crippen LogP contribution >= 0.6 is 0 Å². The predicted molar refractivity (Wildman–Crippen MR) is 116 cm³/mol. The summed E-state index contributed by atoms with van der Waals surface area (Å²) in [5, 5.41) is 12.1. The highest BCUT2D eigenvalue weighted by Crippen LogP contribution is 2.38. The van der Waals surface area contributed by atoms with Crippen LogP contribution in [0, 0.1) is 0 Å². The lowest BCUT2D eigenvalue weighted by Gasteiger charge is -2.13. The fourth-order valence-corrected chi connectivity index (χ4v) is 3.57. The summed E-state index contributed by atoms with van der Waals surface area (Å²) >= 11 is 0. The molecule has 28 heavy (non-hydrogen) atoms. The Morgan fingerprint density at radius 2 is 1.39 bits per heavy atom. The maximum absolute atomic E-state index is 6.43. The van der Waals surface area contributed by atoms with Crippen molar-refractivity contribution < 1.29 is 0 Å². The standard InChI is InChI=1S/C24H18N4/c25-21-16-23(28-15-14-17-8-4-7-13-22(17)28)19-11-5-6-12-20(19)24(21)27-26-18-9-2-1-3-10-18/h1-16H,25H2. The molecule has 0 spiro atoms. The highest BCUT2D eigenvalue weighted by molar-refractivity contribution is 6.04. The highest BCUT2D eigenvalue weighted by atomic mass is 15.1. The monoisotopic (exact) mass is 362 g/mol. The van der Waals surface area contributed by atoms with Gasteiger partial charge in [0.2, 0.25) is 0 Å². The molecule has 4 aromatic carbocycles. The molecule has 1 aromatic heterocycles. The lowest BCUT2D eigenvalue weighted by molar-refractivity contribution is 1.14. The van der Waals surface area contributed by atoms with Crippen molar-refractivity contribution in [3.8, 4) is 5.69 Å². The van der Waals surface area contributed by atoms with Crippen LogP contribution in [-0.2, 0) is 0 Å². The molecule has 134 valence electrons. The Bertz CT molecular complexity index is 1320. The zero-order valence-electron chi connectivity index (χ0n) is 15.2. The normalized spacial score (nSPS) is 11.6. The molecule has 2 N–H and O–H groups in total. The van der Waals surface area contributed by atoms with Gasteiger partial charge in [-0.2, -0.15) is 5.11 Å². The molecular formula is C24H18N4. The quantitative estimate of drug-likeness (QED) is 0.279. The summed E-state index contributed by atoms with van der Waals surface area (Å²) in [6.45, 7) is 0. The number of hydrogen-bond donors (Lipinski definition) is 1. The first-order chi connectivity index (χ1) is 13.8. The number of nitrogen functional groups attached to an aromatic ring is 1. The van der Waals surface area contributed by atoms with Crippen LogP contribution in [0.4, 0.5) is 17.1 Å². The molecule has 0 aliphatic carbocycles. The van der Waals surface area contributed by atoms with Gasteiger partial charge in [-0.25, -0.2) is 0 Å². The number of fused-ring (bicyclic) bond motifs is 2. The van der Waals surface area contributed by atoms with Gasteiger partial charge < -0.3 is 10.3 Å². The van der Waals surface area contributed by atoms with Crippen LogP contribution in [0.3, 0.4) is 0 Å². The van der Waals surface area contributed by atoms with E-state index in [2.05, 4.69) is 45.3 Å². The van der Waals surface area contributed by atoms with Crippen LogP contribution in [0.5, 0.6) is 0 Å². The molecule has 0 unspecified atom stereocenters. The fourth-order valence-electron chi connectivity index (χ4n) is 3.57. The summed E-state index contributed by atoms with van der Waals surface area (Å²) in [7, 11) is 0. The van der Waals surface area contributed by atoms with Crippen LogP contribution in [0.15, 0.2) is 107 Å². The number of para-hydroxylation sites is 1. The summed E-state index contributed by atoms with van der Waals surface area (Å²) in [4.78, 5) is 0. The molecule has 0 bridgehead atoms. The molecule has 0 amide bonds. The summed E-state index contributed by atoms with van der Waals surface area (Å²) < 4.78 is 2.17. The first-order valence-corrected chi connectivity index (χ1v) is 9.16. The van der Waals surface area contributed by atoms with Crippen LogP contribution in [0.2, 0.25) is 0 Å². The predicted octanol–water partition coefficient (Wildman–Crippen LogP) is 6.78. The third-order valence-corrected chi connectivity index (χ3v) is 4.90. The second-order valence-electron chi connectivity index (χ2n) is 6.66. The number of rotatable bonds is 3. The number of aromatic nitrogens is 1. The average molecular weight is 362 g/mol. The SMILES string of the molecule is Nc1cc(-n2ccc3ccccc32)c2ccccc2c1N=Nc1ccccc1. The van der Waals surface area contributed by atoms with Gasteiger partial charge in [-0.05, 0) is 35.7 Å². The second kappa shape index (κ2) is 6.67. The van der Waals surface area contributed by atoms with Crippen molar-refractivity contribution in [3.05, 3.63) is 97.2 Å². The van der Waals surface area contributed by atoms with E-state index in [0.29, 0.717) is 11.4 Å². The lowest BCUT2D eigenvalue weighted by Crippen LogP contribution is -1.97. The lowest BCUT2D eigenvalue weighted by atomic mass is 10.0.